The van der Waals surface area contributed by atoms with Crippen LogP contribution in [0.3, 0.4) is 0 Å². The first-order valence-corrected chi connectivity index (χ1v) is 10.4. The van der Waals surface area contributed by atoms with Gasteiger partial charge in [0.1, 0.15) is 0 Å². The van der Waals surface area contributed by atoms with Crippen LogP contribution in [0.15, 0.2) is 48.7 Å². The summed E-state index contributed by atoms with van der Waals surface area (Å²) in [7, 11) is 3.23. The lowest BCUT2D eigenvalue weighted by molar-refractivity contribution is 0.0870. The Morgan fingerprint density at radius 1 is 1.13 bits per heavy atom. The maximum Gasteiger partial charge on any atom is 0.251 e. The number of carbonyl (C=O) groups excluding carboxylic acids is 2. The molecule has 8 heteroatoms. The highest BCUT2D eigenvalue weighted by Crippen LogP contribution is 2.30. The van der Waals surface area contributed by atoms with Crippen molar-refractivity contribution >= 4 is 38.3 Å². The van der Waals surface area contributed by atoms with Crippen molar-refractivity contribution in [3.8, 4) is 11.3 Å². The second kappa shape index (κ2) is 8.25. The molecular weight excluding hydrogens is 400 g/mol. The third-order valence-corrected chi connectivity index (χ3v) is 6.00. The average Bonchev–Trinajstić information content (AvgIpc) is 3.34. The summed E-state index contributed by atoms with van der Waals surface area (Å²) in [6.07, 6.45) is 1.94. The summed E-state index contributed by atoms with van der Waals surface area (Å²) in [5.41, 5.74) is 3.99. The number of thiazole rings is 1. The molecule has 30 heavy (non-hydrogen) atoms. The Morgan fingerprint density at radius 2 is 1.87 bits per heavy atom. The Hall–Kier alpha value is -3.23. The van der Waals surface area contributed by atoms with Gasteiger partial charge in [0.05, 0.1) is 22.0 Å². The lowest BCUT2D eigenvalue weighted by Crippen LogP contribution is -2.31. The van der Waals surface area contributed by atoms with Crippen LogP contribution in [-0.4, -0.2) is 48.0 Å². The van der Waals surface area contributed by atoms with E-state index in [0.717, 1.165) is 26.4 Å². The first-order valence-electron chi connectivity index (χ1n) is 9.55. The van der Waals surface area contributed by atoms with Crippen LogP contribution < -0.4 is 10.6 Å². The molecule has 7 nitrogen and oxygen atoms in total. The molecule has 4 aromatic rings. The molecule has 0 aliphatic rings. The molecular formula is C22H22N4O3S. The molecule has 0 bridgehead atoms. The van der Waals surface area contributed by atoms with E-state index in [1.54, 1.807) is 26.3 Å². The Balaban J connectivity index is 1.60. The van der Waals surface area contributed by atoms with Crippen LogP contribution in [-0.2, 0) is 4.74 Å². The zero-order chi connectivity index (χ0) is 21.3. The standard InChI is InChI=1S/C22H22N4O3S/c1-13(29-3)11-24-21(28)16-8-9-18-19(10-16)30-22-25-17(12-26(18)22)14-4-6-15(7-5-14)20(27)23-2/h4-10,12-13H,11H2,1-3H3,(H,23,27)(H,24,28). The van der Waals surface area contributed by atoms with Crippen molar-refractivity contribution in [2.75, 3.05) is 20.7 Å². The molecule has 1 unspecified atom stereocenters. The van der Waals surface area contributed by atoms with Crippen molar-refractivity contribution in [1.29, 1.82) is 0 Å². The summed E-state index contributed by atoms with van der Waals surface area (Å²) in [5.74, 6) is -0.237. The number of fused-ring (bicyclic) bond motifs is 3. The van der Waals surface area contributed by atoms with E-state index in [0.29, 0.717) is 17.7 Å². The molecule has 2 amide bonds. The summed E-state index contributed by atoms with van der Waals surface area (Å²) in [4.78, 5) is 29.7. The molecule has 154 valence electrons. The van der Waals surface area contributed by atoms with Crippen molar-refractivity contribution < 1.29 is 14.3 Å². The van der Waals surface area contributed by atoms with Crippen LogP contribution in [0.5, 0.6) is 0 Å². The Kier molecular flexibility index (Phi) is 5.52. The van der Waals surface area contributed by atoms with Crippen LogP contribution >= 0.6 is 11.3 Å². The Labute approximate surface area is 177 Å². The van der Waals surface area contributed by atoms with Gasteiger partial charge in [0, 0.05) is 43.6 Å². The number of aromatic nitrogens is 2. The lowest BCUT2D eigenvalue weighted by atomic mass is 10.1. The fourth-order valence-electron chi connectivity index (χ4n) is 3.14. The predicted octanol–water partition coefficient (Wildman–Crippen LogP) is 3.34. The number of ether oxygens (including phenoxy) is 1. The summed E-state index contributed by atoms with van der Waals surface area (Å²) in [5, 5.41) is 5.49. The molecule has 0 saturated heterocycles. The highest BCUT2D eigenvalue weighted by molar-refractivity contribution is 7.23. The zero-order valence-electron chi connectivity index (χ0n) is 16.9. The van der Waals surface area contributed by atoms with E-state index in [9.17, 15) is 9.59 Å². The number of hydrogen-bond acceptors (Lipinski definition) is 5. The highest BCUT2D eigenvalue weighted by atomic mass is 32.1. The molecule has 0 fully saturated rings. The number of amides is 2. The van der Waals surface area contributed by atoms with Crippen LogP contribution in [0.4, 0.5) is 0 Å². The van der Waals surface area contributed by atoms with Gasteiger partial charge in [0.15, 0.2) is 4.96 Å². The third-order valence-electron chi connectivity index (χ3n) is 4.98. The van der Waals surface area contributed by atoms with Crippen molar-refractivity contribution in [1.82, 2.24) is 20.0 Å². The normalized spacial score (nSPS) is 12.2. The molecule has 0 spiro atoms. The monoisotopic (exact) mass is 422 g/mol. The quantitative estimate of drug-likeness (QED) is 0.499. The van der Waals surface area contributed by atoms with Gasteiger partial charge in [0.2, 0.25) is 0 Å². The van der Waals surface area contributed by atoms with Crippen molar-refractivity contribution in [2.24, 2.45) is 0 Å². The van der Waals surface area contributed by atoms with E-state index >= 15 is 0 Å². The fourth-order valence-corrected chi connectivity index (χ4v) is 4.19. The van der Waals surface area contributed by atoms with Crippen molar-refractivity contribution in [3.05, 3.63) is 59.8 Å². The van der Waals surface area contributed by atoms with Crippen molar-refractivity contribution in [3.63, 3.8) is 0 Å². The van der Waals surface area contributed by atoms with Gasteiger partial charge in [0.25, 0.3) is 11.8 Å². The number of carbonyl (C=O) groups is 2. The van der Waals surface area contributed by atoms with E-state index in [1.807, 2.05) is 47.9 Å². The number of methoxy groups -OCH3 is 1. The fraction of sp³-hybridized carbons (Fsp3) is 0.227. The number of nitrogens with one attached hydrogen (secondary N) is 2. The van der Waals surface area contributed by atoms with E-state index in [4.69, 9.17) is 9.72 Å². The topological polar surface area (TPSA) is 84.7 Å². The molecule has 0 radical (unpaired) electrons. The number of benzene rings is 2. The smallest absolute Gasteiger partial charge is 0.251 e. The molecule has 0 aliphatic carbocycles. The minimum atomic E-state index is -0.122. The summed E-state index contributed by atoms with van der Waals surface area (Å²) in [6, 6.07) is 13.0. The number of rotatable bonds is 6. The van der Waals surface area contributed by atoms with Gasteiger partial charge in [-0.05, 0) is 37.3 Å². The summed E-state index contributed by atoms with van der Waals surface area (Å²) < 4.78 is 8.18. The molecule has 1 atom stereocenters. The van der Waals surface area contributed by atoms with Crippen LogP contribution in [0, 0.1) is 0 Å². The van der Waals surface area contributed by atoms with Crippen LogP contribution in [0.2, 0.25) is 0 Å². The third kappa shape index (κ3) is 3.79. The van der Waals surface area contributed by atoms with E-state index in [-0.39, 0.29) is 17.9 Å². The van der Waals surface area contributed by atoms with Gasteiger partial charge in [-0.3, -0.25) is 14.0 Å². The molecule has 0 aliphatic heterocycles. The Morgan fingerprint density at radius 3 is 2.57 bits per heavy atom. The highest BCUT2D eigenvalue weighted by Gasteiger charge is 2.14. The van der Waals surface area contributed by atoms with Gasteiger partial charge < -0.3 is 15.4 Å². The largest absolute Gasteiger partial charge is 0.380 e. The first-order chi connectivity index (χ1) is 14.5. The number of nitrogens with zero attached hydrogens (tertiary/aromatic N) is 2. The minimum absolute atomic E-state index is 0.0356. The van der Waals surface area contributed by atoms with Crippen molar-refractivity contribution in [2.45, 2.75) is 13.0 Å². The van der Waals surface area contributed by atoms with Gasteiger partial charge in [-0.2, -0.15) is 0 Å². The van der Waals surface area contributed by atoms with E-state index < -0.39 is 0 Å². The second-order valence-corrected chi connectivity index (χ2v) is 7.99. The van der Waals surface area contributed by atoms with Gasteiger partial charge >= 0.3 is 0 Å². The number of hydrogen-bond donors (Lipinski definition) is 2. The molecule has 2 heterocycles. The maximum atomic E-state index is 12.4. The lowest BCUT2D eigenvalue weighted by Gasteiger charge is -2.10. The van der Waals surface area contributed by atoms with Gasteiger partial charge in [-0.15, -0.1) is 0 Å². The van der Waals surface area contributed by atoms with Crippen LogP contribution in [0.25, 0.3) is 26.4 Å². The maximum absolute atomic E-state index is 12.4. The van der Waals surface area contributed by atoms with Gasteiger partial charge in [-0.1, -0.05) is 23.5 Å². The molecule has 2 aromatic carbocycles. The first kappa shape index (κ1) is 20.1. The molecule has 2 N–H and O–H groups in total. The molecule has 2 aromatic heterocycles. The Bertz CT molecular complexity index is 1230. The predicted molar refractivity (Wildman–Crippen MR) is 118 cm³/mol. The summed E-state index contributed by atoms with van der Waals surface area (Å²) in [6.45, 7) is 2.37. The second-order valence-electron chi connectivity index (χ2n) is 6.98. The molecule has 0 saturated carbocycles. The average molecular weight is 423 g/mol. The SMILES string of the molecule is CNC(=O)c1ccc(-c2cn3c(n2)sc2cc(C(=O)NCC(C)OC)ccc23)cc1. The molecule has 4 rings (SSSR count). The van der Waals surface area contributed by atoms with Crippen LogP contribution in [0.1, 0.15) is 27.6 Å². The van der Waals surface area contributed by atoms with Gasteiger partial charge in [-0.25, -0.2) is 4.98 Å². The van der Waals surface area contributed by atoms with E-state index in [1.165, 1.54) is 11.3 Å². The zero-order valence-corrected chi connectivity index (χ0v) is 17.7. The summed E-state index contributed by atoms with van der Waals surface area (Å²) >= 11 is 1.53. The minimum Gasteiger partial charge on any atom is -0.380 e. The number of imidazole rings is 1. The van der Waals surface area contributed by atoms with E-state index in [2.05, 4.69) is 10.6 Å².